The Morgan fingerprint density at radius 2 is 2.04 bits per heavy atom. The van der Waals surface area contributed by atoms with Gasteiger partial charge in [0.1, 0.15) is 0 Å². The van der Waals surface area contributed by atoms with Crippen molar-refractivity contribution in [2.45, 2.75) is 45.6 Å². The van der Waals surface area contributed by atoms with Crippen molar-refractivity contribution >= 4 is 17.6 Å². The fourth-order valence-corrected chi connectivity index (χ4v) is 2.77. The minimum atomic E-state index is -0.158. The summed E-state index contributed by atoms with van der Waals surface area (Å²) >= 11 is 0. The lowest BCUT2D eigenvalue weighted by Gasteiger charge is -2.37. The lowest BCUT2D eigenvalue weighted by atomic mass is 9.93. The number of likely N-dealkylation sites (tertiary alicyclic amines) is 1. The molecule has 1 aliphatic rings. The van der Waals surface area contributed by atoms with Crippen LogP contribution in [0.2, 0.25) is 0 Å². The molecule has 3 amide bonds. The number of aromatic nitrogens is 1. The number of unbranched alkanes of at least 4 members (excludes halogenated alkanes) is 1. The monoisotopic (exact) mass is 318 g/mol. The second-order valence-electron chi connectivity index (χ2n) is 6.09. The van der Waals surface area contributed by atoms with Crippen LogP contribution < -0.4 is 10.6 Å². The van der Waals surface area contributed by atoms with Crippen molar-refractivity contribution < 1.29 is 9.59 Å². The molecule has 2 atom stereocenters. The molecular formula is C17H26N4O2. The first-order valence-electron chi connectivity index (χ1n) is 8.37. The highest BCUT2D eigenvalue weighted by atomic mass is 16.2. The van der Waals surface area contributed by atoms with Gasteiger partial charge in [-0.3, -0.25) is 9.78 Å². The van der Waals surface area contributed by atoms with Crippen LogP contribution in [0.25, 0.3) is 0 Å². The number of urea groups is 1. The fourth-order valence-electron chi connectivity index (χ4n) is 2.77. The van der Waals surface area contributed by atoms with E-state index in [4.69, 9.17) is 0 Å². The molecule has 0 aromatic carbocycles. The van der Waals surface area contributed by atoms with Crippen LogP contribution in [-0.2, 0) is 4.79 Å². The molecule has 1 aromatic rings. The molecule has 1 saturated heterocycles. The third-order valence-corrected chi connectivity index (χ3v) is 4.27. The van der Waals surface area contributed by atoms with Crippen LogP contribution in [0.1, 0.15) is 39.5 Å². The fraction of sp³-hybridized carbons (Fsp3) is 0.588. The summed E-state index contributed by atoms with van der Waals surface area (Å²) < 4.78 is 0. The Hall–Kier alpha value is -2.11. The van der Waals surface area contributed by atoms with Gasteiger partial charge in [-0.2, -0.15) is 0 Å². The average molecular weight is 318 g/mol. The van der Waals surface area contributed by atoms with E-state index in [9.17, 15) is 9.59 Å². The molecule has 6 heteroatoms. The van der Waals surface area contributed by atoms with E-state index in [0.717, 1.165) is 25.7 Å². The van der Waals surface area contributed by atoms with E-state index in [-0.39, 0.29) is 23.9 Å². The summed E-state index contributed by atoms with van der Waals surface area (Å²) in [7, 11) is 0. The molecule has 0 radical (unpaired) electrons. The van der Waals surface area contributed by atoms with Gasteiger partial charge in [-0.15, -0.1) is 0 Å². The molecule has 1 fully saturated rings. The Labute approximate surface area is 137 Å². The van der Waals surface area contributed by atoms with Gasteiger partial charge in [0.2, 0.25) is 5.91 Å². The first-order chi connectivity index (χ1) is 11.1. The molecule has 126 valence electrons. The summed E-state index contributed by atoms with van der Waals surface area (Å²) in [6.45, 7) is 5.30. The Balaban J connectivity index is 1.92. The number of anilines is 1. The molecule has 0 aliphatic carbocycles. The predicted molar refractivity (Wildman–Crippen MR) is 90.1 cm³/mol. The number of nitrogens with zero attached hydrogens (tertiary/aromatic N) is 2. The van der Waals surface area contributed by atoms with E-state index in [2.05, 4.69) is 22.5 Å². The highest BCUT2D eigenvalue weighted by Crippen LogP contribution is 2.23. The molecule has 23 heavy (non-hydrogen) atoms. The smallest absolute Gasteiger partial charge is 0.322 e. The summed E-state index contributed by atoms with van der Waals surface area (Å²) in [6, 6.07) is 3.48. The van der Waals surface area contributed by atoms with Gasteiger partial charge in [0.15, 0.2) is 0 Å². The molecule has 0 unspecified atom stereocenters. The van der Waals surface area contributed by atoms with Gasteiger partial charge in [0.05, 0.1) is 5.92 Å². The van der Waals surface area contributed by atoms with E-state index >= 15 is 0 Å². The number of pyridine rings is 1. The first-order valence-corrected chi connectivity index (χ1v) is 8.37. The SMILES string of the molecule is CCCCNC(=O)[C@@H]1CC[C@@H](C)N(C(=O)Nc2ccncc2)C1. The minimum absolute atomic E-state index is 0.0621. The summed E-state index contributed by atoms with van der Waals surface area (Å²) in [6.07, 6.45) is 7.00. The van der Waals surface area contributed by atoms with Gasteiger partial charge in [0, 0.05) is 37.2 Å². The largest absolute Gasteiger partial charge is 0.356 e. The predicted octanol–water partition coefficient (Wildman–Crippen LogP) is 2.63. The zero-order valence-electron chi connectivity index (χ0n) is 13.9. The maximum absolute atomic E-state index is 12.5. The Bertz CT molecular complexity index is 521. The standard InChI is InChI=1S/C17H26N4O2/c1-3-4-9-19-16(22)14-6-5-13(2)21(12-14)17(23)20-15-7-10-18-11-8-15/h7-8,10-11,13-14H,3-6,9,12H2,1-2H3,(H,19,22)(H,18,20,23)/t13-,14-/m1/s1. The second-order valence-corrected chi connectivity index (χ2v) is 6.09. The Kier molecular flexibility index (Phi) is 6.38. The van der Waals surface area contributed by atoms with Crippen molar-refractivity contribution in [3.8, 4) is 0 Å². The van der Waals surface area contributed by atoms with Gasteiger partial charge >= 0.3 is 6.03 Å². The number of carbonyl (C=O) groups is 2. The van der Waals surface area contributed by atoms with Gasteiger partial charge in [-0.25, -0.2) is 4.79 Å². The van der Waals surface area contributed by atoms with Crippen molar-refractivity contribution in [2.24, 2.45) is 5.92 Å². The number of hydrogen-bond donors (Lipinski definition) is 2. The van der Waals surface area contributed by atoms with E-state index in [1.807, 2.05) is 6.92 Å². The third kappa shape index (κ3) is 4.94. The van der Waals surface area contributed by atoms with Crippen molar-refractivity contribution in [1.29, 1.82) is 0 Å². The molecule has 0 bridgehead atoms. The quantitative estimate of drug-likeness (QED) is 0.820. The van der Waals surface area contributed by atoms with Crippen LogP contribution >= 0.6 is 0 Å². The molecule has 6 nitrogen and oxygen atoms in total. The van der Waals surface area contributed by atoms with Crippen LogP contribution in [0.5, 0.6) is 0 Å². The Morgan fingerprint density at radius 3 is 2.74 bits per heavy atom. The summed E-state index contributed by atoms with van der Waals surface area (Å²) in [4.78, 5) is 30.4. The number of amides is 3. The minimum Gasteiger partial charge on any atom is -0.356 e. The highest BCUT2D eigenvalue weighted by Gasteiger charge is 2.32. The number of carbonyl (C=O) groups excluding carboxylic acids is 2. The maximum atomic E-state index is 12.5. The third-order valence-electron chi connectivity index (χ3n) is 4.27. The summed E-state index contributed by atoms with van der Waals surface area (Å²) in [5.41, 5.74) is 0.715. The molecule has 0 spiro atoms. The topological polar surface area (TPSA) is 74.3 Å². The number of rotatable bonds is 5. The van der Waals surface area contributed by atoms with E-state index < -0.39 is 0 Å². The van der Waals surface area contributed by atoms with Crippen LogP contribution in [0.4, 0.5) is 10.5 Å². The molecule has 2 rings (SSSR count). The van der Waals surface area contributed by atoms with E-state index in [0.29, 0.717) is 18.8 Å². The lowest BCUT2D eigenvalue weighted by Crippen LogP contribution is -2.50. The molecular weight excluding hydrogens is 292 g/mol. The van der Waals surface area contributed by atoms with E-state index in [1.54, 1.807) is 29.4 Å². The first kappa shape index (κ1) is 17.2. The Morgan fingerprint density at radius 1 is 1.30 bits per heavy atom. The lowest BCUT2D eigenvalue weighted by molar-refractivity contribution is -0.126. The van der Waals surface area contributed by atoms with Gasteiger partial charge < -0.3 is 15.5 Å². The number of nitrogens with one attached hydrogen (secondary N) is 2. The molecule has 0 saturated carbocycles. The van der Waals surface area contributed by atoms with Crippen LogP contribution in [0, 0.1) is 5.92 Å². The van der Waals surface area contributed by atoms with Crippen molar-refractivity contribution in [3.05, 3.63) is 24.5 Å². The van der Waals surface area contributed by atoms with Crippen molar-refractivity contribution in [3.63, 3.8) is 0 Å². The van der Waals surface area contributed by atoms with E-state index in [1.165, 1.54) is 0 Å². The molecule has 2 heterocycles. The van der Waals surface area contributed by atoms with Crippen molar-refractivity contribution in [1.82, 2.24) is 15.2 Å². The summed E-state index contributed by atoms with van der Waals surface area (Å²) in [5, 5.41) is 5.84. The van der Waals surface area contributed by atoms with Gasteiger partial charge in [0.25, 0.3) is 0 Å². The van der Waals surface area contributed by atoms with Gasteiger partial charge in [-0.05, 0) is 38.3 Å². The zero-order valence-corrected chi connectivity index (χ0v) is 13.9. The second kappa shape index (κ2) is 8.50. The zero-order chi connectivity index (χ0) is 16.7. The normalized spacial score (nSPS) is 20.9. The van der Waals surface area contributed by atoms with Crippen LogP contribution in [0.15, 0.2) is 24.5 Å². The summed E-state index contributed by atoms with van der Waals surface area (Å²) in [5.74, 6) is -0.0571. The maximum Gasteiger partial charge on any atom is 0.322 e. The molecule has 1 aliphatic heterocycles. The highest BCUT2D eigenvalue weighted by molar-refractivity contribution is 5.90. The number of piperidine rings is 1. The van der Waals surface area contributed by atoms with Gasteiger partial charge in [-0.1, -0.05) is 13.3 Å². The van der Waals surface area contributed by atoms with Crippen LogP contribution in [-0.4, -0.2) is 41.0 Å². The average Bonchev–Trinajstić information content (AvgIpc) is 2.56. The molecule has 1 aromatic heterocycles. The number of hydrogen-bond acceptors (Lipinski definition) is 3. The van der Waals surface area contributed by atoms with Crippen molar-refractivity contribution in [2.75, 3.05) is 18.4 Å². The molecule has 2 N–H and O–H groups in total. The van der Waals surface area contributed by atoms with Crippen LogP contribution in [0.3, 0.4) is 0 Å².